The molecule has 0 unspecified atom stereocenters. The maximum absolute atomic E-state index is 14.2. The van der Waals surface area contributed by atoms with Crippen molar-refractivity contribution in [1.29, 1.82) is 0 Å². The Kier molecular flexibility index (Phi) is 7.93. The van der Waals surface area contributed by atoms with Gasteiger partial charge in [-0.2, -0.15) is 5.06 Å². The lowest BCUT2D eigenvalue weighted by Crippen LogP contribution is -2.39. The standard InChI is InChI=1S/C28H36N4O5/c33-21-8-5-19(6-9-21)27-26-22-17-20(7-10-24(22)37-27)23-18-25(34)30-12-3-14-31(28(26)35)13-1-2-15-32(36)16-4-11-29-23/h5-10,17,23,26-27,29,33,36H,1-4,11-16,18H2,(H,30,34)/t23-,26+,27-/m1/s1. The normalized spacial score (nSPS) is 26.0. The lowest BCUT2D eigenvalue weighted by molar-refractivity contribution is -0.134. The number of phenolic OH excluding ortho intramolecular Hbond substituents is 1. The molecule has 3 atom stereocenters. The molecule has 2 aromatic carbocycles. The first-order valence-corrected chi connectivity index (χ1v) is 13.3. The molecule has 0 saturated carbocycles. The third-order valence-corrected chi connectivity index (χ3v) is 7.52. The van der Waals surface area contributed by atoms with Crippen LogP contribution >= 0.6 is 0 Å². The molecule has 37 heavy (non-hydrogen) atoms. The van der Waals surface area contributed by atoms with Crippen molar-refractivity contribution in [3.8, 4) is 11.5 Å². The van der Waals surface area contributed by atoms with Gasteiger partial charge in [-0.3, -0.25) is 9.59 Å². The largest absolute Gasteiger partial charge is 0.508 e. The van der Waals surface area contributed by atoms with E-state index in [1.807, 2.05) is 23.1 Å². The molecule has 0 aliphatic carbocycles. The fourth-order valence-electron chi connectivity index (χ4n) is 5.53. The molecule has 0 aromatic heterocycles. The van der Waals surface area contributed by atoms with Gasteiger partial charge in [0.25, 0.3) is 0 Å². The molecule has 9 nitrogen and oxygen atoms in total. The van der Waals surface area contributed by atoms with Crippen molar-refractivity contribution < 1.29 is 24.6 Å². The molecule has 4 N–H and O–H groups in total. The van der Waals surface area contributed by atoms with Crippen molar-refractivity contribution in [2.24, 2.45) is 0 Å². The van der Waals surface area contributed by atoms with Gasteiger partial charge in [0.2, 0.25) is 11.8 Å². The SMILES string of the molecule is O=C1C[C@H]2NCCCN(O)CCCCN(CCCN1)C(=O)[C@H]1c3cc2ccc3O[C@@H]1c1ccc(O)cc1. The van der Waals surface area contributed by atoms with E-state index in [1.54, 1.807) is 24.3 Å². The summed E-state index contributed by atoms with van der Waals surface area (Å²) in [5, 5.41) is 28.0. The molecule has 3 heterocycles. The second kappa shape index (κ2) is 11.5. The van der Waals surface area contributed by atoms with Crippen LogP contribution in [0.3, 0.4) is 0 Å². The Bertz CT molecular complexity index is 1110. The maximum atomic E-state index is 14.2. The quantitative estimate of drug-likeness (QED) is 0.468. The highest BCUT2D eigenvalue weighted by Gasteiger charge is 2.43. The number of rotatable bonds is 1. The van der Waals surface area contributed by atoms with E-state index in [1.165, 1.54) is 5.06 Å². The number of benzene rings is 2. The minimum Gasteiger partial charge on any atom is -0.508 e. The van der Waals surface area contributed by atoms with Gasteiger partial charge in [0.05, 0.1) is 0 Å². The Morgan fingerprint density at radius 2 is 1.57 bits per heavy atom. The van der Waals surface area contributed by atoms with Crippen LogP contribution in [0.4, 0.5) is 0 Å². The van der Waals surface area contributed by atoms with Crippen LogP contribution in [0, 0.1) is 0 Å². The summed E-state index contributed by atoms with van der Waals surface area (Å²) in [6.07, 6.45) is 2.72. The van der Waals surface area contributed by atoms with Gasteiger partial charge in [0, 0.05) is 50.7 Å². The van der Waals surface area contributed by atoms with Crippen molar-refractivity contribution in [1.82, 2.24) is 20.6 Å². The van der Waals surface area contributed by atoms with Crippen molar-refractivity contribution in [2.75, 3.05) is 39.3 Å². The molecule has 5 rings (SSSR count). The number of fused-ring (bicyclic) bond motifs is 1. The van der Waals surface area contributed by atoms with Crippen molar-refractivity contribution in [2.45, 2.75) is 50.2 Å². The summed E-state index contributed by atoms with van der Waals surface area (Å²) in [4.78, 5) is 28.9. The van der Waals surface area contributed by atoms with Crippen LogP contribution in [-0.2, 0) is 9.59 Å². The van der Waals surface area contributed by atoms with E-state index >= 15 is 0 Å². The topological polar surface area (TPSA) is 114 Å². The second-order valence-corrected chi connectivity index (χ2v) is 10.2. The summed E-state index contributed by atoms with van der Waals surface area (Å²) in [7, 11) is 0. The number of hydroxylamine groups is 2. The second-order valence-electron chi connectivity index (χ2n) is 10.2. The fraction of sp³-hybridized carbons (Fsp3) is 0.500. The molecule has 0 spiro atoms. The van der Waals surface area contributed by atoms with Crippen LogP contribution in [0.5, 0.6) is 11.5 Å². The van der Waals surface area contributed by atoms with Gasteiger partial charge < -0.3 is 30.6 Å². The fourth-order valence-corrected chi connectivity index (χ4v) is 5.53. The van der Waals surface area contributed by atoms with E-state index in [0.717, 1.165) is 36.0 Å². The minimum absolute atomic E-state index is 0.00277. The molecule has 0 saturated heterocycles. The van der Waals surface area contributed by atoms with E-state index in [4.69, 9.17) is 4.74 Å². The number of nitrogens with one attached hydrogen (secondary N) is 2. The van der Waals surface area contributed by atoms with E-state index in [-0.39, 0.29) is 30.0 Å². The average molecular weight is 509 g/mol. The Balaban J connectivity index is 1.58. The number of carbonyl (C=O) groups excluding carboxylic acids is 2. The van der Waals surface area contributed by atoms with Crippen LogP contribution in [0.2, 0.25) is 0 Å². The number of hydrogen-bond acceptors (Lipinski definition) is 7. The van der Waals surface area contributed by atoms with Crippen LogP contribution in [0.15, 0.2) is 42.5 Å². The van der Waals surface area contributed by atoms with Gasteiger partial charge in [-0.25, -0.2) is 0 Å². The van der Waals surface area contributed by atoms with Crippen molar-refractivity contribution >= 4 is 11.8 Å². The highest BCUT2D eigenvalue weighted by Crippen LogP contribution is 2.48. The number of nitrogens with zero attached hydrogens (tertiary/aromatic N) is 2. The predicted molar refractivity (Wildman–Crippen MR) is 137 cm³/mol. The van der Waals surface area contributed by atoms with E-state index in [0.29, 0.717) is 51.4 Å². The molecule has 9 heteroatoms. The number of phenols is 1. The van der Waals surface area contributed by atoms with Crippen molar-refractivity contribution in [3.05, 3.63) is 59.2 Å². The lowest BCUT2D eigenvalue weighted by atomic mass is 9.87. The van der Waals surface area contributed by atoms with Crippen LogP contribution in [0.1, 0.15) is 66.9 Å². The van der Waals surface area contributed by atoms with Crippen LogP contribution in [-0.4, -0.2) is 71.4 Å². The number of ether oxygens (including phenoxy) is 1. The summed E-state index contributed by atoms with van der Waals surface area (Å²) in [6.45, 7) is 3.34. The summed E-state index contributed by atoms with van der Waals surface area (Å²) < 4.78 is 6.39. The Hall–Kier alpha value is -3.14. The van der Waals surface area contributed by atoms with Gasteiger partial charge in [-0.1, -0.05) is 18.2 Å². The number of hydrogen-bond donors (Lipinski definition) is 4. The number of carbonyl (C=O) groups is 2. The zero-order chi connectivity index (χ0) is 25.8. The highest BCUT2D eigenvalue weighted by atomic mass is 16.5. The van der Waals surface area contributed by atoms with Gasteiger partial charge in [0.15, 0.2) is 0 Å². The van der Waals surface area contributed by atoms with E-state index in [9.17, 15) is 19.9 Å². The molecule has 0 radical (unpaired) electrons. The van der Waals surface area contributed by atoms with Crippen molar-refractivity contribution in [3.63, 3.8) is 0 Å². The molecule has 3 aliphatic rings. The molecule has 198 valence electrons. The zero-order valence-corrected chi connectivity index (χ0v) is 21.1. The van der Waals surface area contributed by atoms with Crippen LogP contribution < -0.4 is 15.4 Å². The molecular formula is C28H36N4O5. The summed E-state index contributed by atoms with van der Waals surface area (Å²) >= 11 is 0. The average Bonchev–Trinajstić information content (AvgIpc) is 3.27. The maximum Gasteiger partial charge on any atom is 0.234 e. The lowest BCUT2D eigenvalue weighted by Gasteiger charge is -2.29. The first-order valence-electron chi connectivity index (χ1n) is 13.3. The molecule has 2 amide bonds. The third-order valence-electron chi connectivity index (χ3n) is 7.52. The Labute approximate surface area is 217 Å². The predicted octanol–water partition coefficient (Wildman–Crippen LogP) is 2.85. The van der Waals surface area contributed by atoms with Gasteiger partial charge >= 0.3 is 0 Å². The minimum atomic E-state index is -0.535. The smallest absolute Gasteiger partial charge is 0.234 e. The summed E-state index contributed by atoms with van der Waals surface area (Å²) in [5.74, 6) is 0.270. The monoisotopic (exact) mass is 508 g/mol. The Morgan fingerprint density at radius 1 is 0.865 bits per heavy atom. The van der Waals surface area contributed by atoms with Gasteiger partial charge in [-0.15, -0.1) is 0 Å². The first kappa shape index (κ1) is 25.5. The van der Waals surface area contributed by atoms with Gasteiger partial charge in [0.1, 0.15) is 23.5 Å². The first-order chi connectivity index (χ1) is 18.0. The highest BCUT2D eigenvalue weighted by molar-refractivity contribution is 5.87. The molecule has 0 fully saturated rings. The number of aromatic hydroxyl groups is 1. The molecule has 4 bridgehead atoms. The summed E-state index contributed by atoms with van der Waals surface area (Å²) in [5.41, 5.74) is 2.60. The Morgan fingerprint density at radius 3 is 2.41 bits per heavy atom. The molecular weight excluding hydrogens is 472 g/mol. The molecule has 3 aliphatic heterocycles. The van der Waals surface area contributed by atoms with Gasteiger partial charge in [-0.05, 0) is 67.6 Å². The van der Waals surface area contributed by atoms with E-state index in [2.05, 4.69) is 10.6 Å². The molecule has 2 aromatic rings. The van der Waals surface area contributed by atoms with Crippen LogP contribution in [0.25, 0.3) is 0 Å². The third kappa shape index (κ3) is 5.89. The number of amides is 2. The summed E-state index contributed by atoms with van der Waals surface area (Å²) in [6, 6.07) is 12.5. The van der Waals surface area contributed by atoms with E-state index < -0.39 is 12.0 Å². The zero-order valence-electron chi connectivity index (χ0n) is 21.1.